The number of aryl methyl sites for hydroxylation is 1. The summed E-state index contributed by atoms with van der Waals surface area (Å²) < 4.78 is 15.2. The quantitative estimate of drug-likeness (QED) is 0.743. The van der Waals surface area contributed by atoms with Crippen LogP contribution < -0.4 is 5.32 Å². The second-order valence-electron chi connectivity index (χ2n) is 5.58. The highest BCUT2D eigenvalue weighted by atomic mass is 19.1. The first-order valence-electron chi connectivity index (χ1n) is 7.69. The molecule has 0 saturated heterocycles. The molecule has 0 bridgehead atoms. The molecule has 3 rings (SSSR count). The molecule has 2 aromatic heterocycles. The SMILES string of the molecule is CC=Cn1c(C)c(C)c2ccnc(CNc3ccc(F)cc3)c21. The summed E-state index contributed by atoms with van der Waals surface area (Å²) in [5.41, 5.74) is 5.46. The number of fused-ring (bicyclic) bond motifs is 1. The van der Waals surface area contributed by atoms with Crippen LogP contribution >= 0.6 is 0 Å². The highest BCUT2D eigenvalue weighted by Crippen LogP contribution is 2.27. The Balaban J connectivity index is 2.00. The average Bonchev–Trinajstić information content (AvgIpc) is 2.80. The lowest BCUT2D eigenvalue weighted by molar-refractivity contribution is 0.628. The first kappa shape index (κ1) is 15.3. The van der Waals surface area contributed by atoms with E-state index in [2.05, 4.69) is 41.0 Å². The standard InChI is InChI=1S/C19H20FN3/c1-4-11-23-14(3)13(2)17-9-10-21-18(19(17)23)12-22-16-7-5-15(20)6-8-16/h4-11,22H,12H2,1-3H3. The van der Waals surface area contributed by atoms with E-state index in [1.165, 1.54) is 28.8 Å². The van der Waals surface area contributed by atoms with E-state index >= 15 is 0 Å². The van der Waals surface area contributed by atoms with Crippen LogP contribution in [0.15, 0.2) is 42.6 Å². The maximum atomic E-state index is 13.0. The van der Waals surface area contributed by atoms with Gasteiger partial charge in [-0.15, -0.1) is 0 Å². The zero-order valence-corrected chi connectivity index (χ0v) is 13.6. The molecule has 0 atom stereocenters. The van der Waals surface area contributed by atoms with E-state index in [1.54, 1.807) is 12.1 Å². The van der Waals surface area contributed by atoms with Gasteiger partial charge in [-0.05, 0) is 56.7 Å². The third-order valence-electron chi connectivity index (χ3n) is 4.15. The van der Waals surface area contributed by atoms with Crippen LogP contribution in [-0.2, 0) is 6.54 Å². The molecule has 4 heteroatoms. The van der Waals surface area contributed by atoms with Crippen LogP contribution in [0.2, 0.25) is 0 Å². The molecule has 1 aromatic carbocycles. The minimum atomic E-state index is -0.232. The minimum absolute atomic E-state index is 0.232. The molecular formula is C19H20FN3. The van der Waals surface area contributed by atoms with E-state index in [0.717, 1.165) is 16.9 Å². The maximum absolute atomic E-state index is 13.0. The fourth-order valence-corrected chi connectivity index (χ4v) is 2.83. The Morgan fingerprint density at radius 3 is 2.61 bits per heavy atom. The van der Waals surface area contributed by atoms with Crippen LogP contribution in [0.25, 0.3) is 17.1 Å². The van der Waals surface area contributed by atoms with E-state index < -0.39 is 0 Å². The Labute approximate surface area is 135 Å². The normalized spacial score (nSPS) is 11.5. The number of rotatable bonds is 4. The van der Waals surface area contributed by atoms with Crippen LogP contribution in [0, 0.1) is 19.7 Å². The van der Waals surface area contributed by atoms with Gasteiger partial charge in [-0.3, -0.25) is 4.98 Å². The number of benzene rings is 1. The average molecular weight is 309 g/mol. The van der Waals surface area contributed by atoms with Crippen molar-refractivity contribution in [3.05, 3.63) is 65.4 Å². The van der Waals surface area contributed by atoms with Crippen molar-refractivity contribution >= 4 is 22.8 Å². The summed E-state index contributed by atoms with van der Waals surface area (Å²) in [6.45, 7) is 6.85. The Morgan fingerprint density at radius 2 is 1.91 bits per heavy atom. The predicted molar refractivity (Wildman–Crippen MR) is 93.9 cm³/mol. The molecule has 0 radical (unpaired) electrons. The van der Waals surface area contributed by atoms with Crippen LogP contribution in [0.5, 0.6) is 0 Å². The number of nitrogens with zero attached hydrogens (tertiary/aromatic N) is 2. The van der Waals surface area contributed by atoms with Crippen LogP contribution in [-0.4, -0.2) is 9.55 Å². The van der Waals surface area contributed by atoms with Gasteiger partial charge in [0, 0.05) is 29.2 Å². The summed E-state index contributed by atoms with van der Waals surface area (Å²) in [6, 6.07) is 8.42. The molecule has 0 amide bonds. The second-order valence-corrected chi connectivity index (χ2v) is 5.58. The van der Waals surface area contributed by atoms with Gasteiger partial charge in [0.1, 0.15) is 5.82 Å². The van der Waals surface area contributed by atoms with Gasteiger partial charge in [0.15, 0.2) is 0 Å². The van der Waals surface area contributed by atoms with Gasteiger partial charge in [-0.1, -0.05) is 6.08 Å². The zero-order chi connectivity index (χ0) is 16.4. The molecule has 118 valence electrons. The summed E-state index contributed by atoms with van der Waals surface area (Å²) in [7, 11) is 0. The van der Waals surface area contributed by atoms with Gasteiger partial charge >= 0.3 is 0 Å². The van der Waals surface area contributed by atoms with E-state index in [1.807, 2.05) is 19.2 Å². The molecule has 0 spiro atoms. The monoisotopic (exact) mass is 309 g/mol. The molecule has 23 heavy (non-hydrogen) atoms. The van der Waals surface area contributed by atoms with Gasteiger partial charge in [-0.25, -0.2) is 4.39 Å². The lowest BCUT2D eigenvalue weighted by Gasteiger charge is -2.09. The van der Waals surface area contributed by atoms with Crippen molar-refractivity contribution in [2.45, 2.75) is 27.3 Å². The molecule has 2 heterocycles. The molecule has 1 N–H and O–H groups in total. The fraction of sp³-hybridized carbons (Fsp3) is 0.211. The van der Waals surface area contributed by atoms with Crippen molar-refractivity contribution in [1.29, 1.82) is 0 Å². The predicted octanol–water partition coefficient (Wildman–Crippen LogP) is 4.89. The van der Waals surface area contributed by atoms with Gasteiger partial charge in [0.2, 0.25) is 0 Å². The fourth-order valence-electron chi connectivity index (χ4n) is 2.83. The smallest absolute Gasteiger partial charge is 0.123 e. The van der Waals surface area contributed by atoms with E-state index in [4.69, 9.17) is 0 Å². The van der Waals surface area contributed by atoms with Gasteiger partial charge < -0.3 is 9.88 Å². The van der Waals surface area contributed by atoms with Crippen molar-refractivity contribution in [1.82, 2.24) is 9.55 Å². The Bertz CT molecular complexity index is 860. The number of pyridine rings is 1. The number of nitrogens with one attached hydrogen (secondary N) is 1. The Morgan fingerprint density at radius 1 is 1.17 bits per heavy atom. The lowest BCUT2D eigenvalue weighted by atomic mass is 10.1. The number of allylic oxidation sites excluding steroid dienone is 1. The first-order chi connectivity index (χ1) is 11.1. The molecule has 3 nitrogen and oxygen atoms in total. The van der Waals surface area contributed by atoms with Gasteiger partial charge in [-0.2, -0.15) is 0 Å². The Kier molecular flexibility index (Phi) is 4.15. The third kappa shape index (κ3) is 2.84. The maximum Gasteiger partial charge on any atom is 0.123 e. The molecule has 0 saturated carbocycles. The van der Waals surface area contributed by atoms with Crippen molar-refractivity contribution in [2.24, 2.45) is 0 Å². The number of hydrogen-bond acceptors (Lipinski definition) is 2. The summed E-state index contributed by atoms with van der Waals surface area (Å²) in [5, 5.41) is 4.53. The van der Waals surface area contributed by atoms with Crippen LogP contribution in [0.4, 0.5) is 10.1 Å². The molecule has 0 aliphatic heterocycles. The molecule has 3 aromatic rings. The largest absolute Gasteiger partial charge is 0.379 e. The molecular weight excluding hydrogens is 289 g/mol. The summed E-state index contributed by atoms with van der Waals surface area (Å²) in [4.78, 5) is 4.55. The zero-order valence-electron chi connectivity index (χ0n) is 13.6. The first-order valence-corrected chi connectivity index (χ1v) is 7.69. The summed E-state index contributed by atoms with van der Waals surface area (Å²) in [5.74, 6) is -0.232. The molecule has 0 unspecified atom stereocenters. The van der Waals surface area contributed by atoms with Gasteiger partial charge in [0.25, 0.3) is 0 Å². The highest BCUT2D eigenvalue weighted by Gasteiger charge is 2.13. The third-order valence-corrected chi connectivity index (χ3v) is 4.15. The van der Waals surface area contributed by atoms with Crippen LogP contribution in [0.3, 0.4) is 0 Å². The summed E-state index contributed by atoms with van der Waals surface area (Å²) >= 11 is 0. The van der Waals surface area contributed by atoms with E-state index in [9.17, 15) is 4.39 Å². The Hall–Kier alpha value is -2.62. The van der Waals surface area contributed by atoms with E-state index in [-0.39, 0.29) is 5.82 Å². The molecule has 0 aliphatic carbocycles. The minimum Gasteiger partial charge on any atom is -0.379 e. The van der Waals surface area contributed by atoms with Crippen molar-refractivity contribution in [3.63, 3.8) is 0 Å². The van der Waals surface area contributed by atoms with Crippen molar-refractivity contribution < 1.29 is 4.39 Å². The highest BCUT2D eigenvalue weighted by molar-refractivity contribution is 5.88. The van der Waals surface area contributed by atoms with Crippen molar-refractivity contribution in [2.75, 3.05) is 5.32 Å². The topological polar surface area (TPSA) is 29.9 Å². The van der Waals surface area contributed by atoms with E-state index in [0.29, 0.717) is 6.54 Å². The number of hydrogen-bond donors (Lipinski definition) is 1. The number of halogens is 1. The van der Waals surface area contributed by atoms with Crippen molar-refractivity contribution in [3.8, 4) is 0 Å². The summed E-state index contributed by atoms with van der Waals surface area (Å²) in [6.07, 6.45) is 5.93. The second kappa shape index (κ2) is 6.24. The molecule has 0 aliphatic rings. The molecule has 0 fully saturated rings. The number of aromatic nitrogens is 2. The van der Waals surface area contributed by atoms with Crippen LogP contribution in [0.1, 0.15) is 23.9 Å². The lowest BCUT2D eigenvalue weighted by Crippen LogP contribution is -2.04. The number of anilines is 1. The van der Waals surface area contributed by atoms with Gasteiger partial charge in [0.05, 0.1) is 17.8 Å².